The molecule has 0 saturated heterocycles. The van der Waals surface area contributed by atoms with Gasteiger partial charge in [0, 0.05) is 36.1 Å². The fourth-order valence-electron chi connectivity index (χ4n) is 5.63. The highest BCUT2D eigenvalue weighted by atomic mass is 16.5. The smallest absolute Gasteiger partial charge is 0.305 e. The monoisotopic (exact) mass is 542 g/mol. The van der Waals surface area contributed by atoms with E-state index in [9.17, 15) is 4.79 Å². The first-order valence-electron chi connectivity index (χ1n) is 13.6. The number of ether oxygens (including phenoxy) is 3. The summed E-state index contributed by atoms with van der Waals surface area (Å²) in [6.45, 7) is 6.06. The summed E-state index contributed by atoms with van der Waals surface area (Å²) in [5, 5.41) is 0. The lowest BCUT2D eigenvalue weighted by atomic mass is 9.72. The van der Waals surface area contributed by atoms with E-state index in [-0.39, 0.29) is 5.97 Å². The van der Waals surface area contributed by atoms with Gasteiger partial charge in [-0.2, -0.15) is 0 Å². The largest absolute Gasteiger partial charge is 0.478 e. The van der Waals surface area contributed by atoms with Crippen molar-refractivity contribution >= 4 is 5.97 Å². The topological polar surface area (TPSA) is 77.5 Å². The van der Waals surface area contributed by atoms with Crippen molar-refractivity contribution < 1.29 is 27.8 Å². The fraction of sp³-hybridized carbons (Fsp3) is 0.344. The van der Waals surface area contributed by atoms with Crippen LogP contribution in [0.5, 0.6) is 11.5 Å². The molecule has 2 aromatic heterocycles. The van der Waals surface area contributed by atoms with Crippen molar-refractivity contribution in [1.29, 1.82) is 0 Å². The van der Waals surface area contributed by atoms with Crippen LogP contribution >= 0.6 is 0 Å². The zero-order chi connectivity index (χ0) is 27.5. The Balaban J connectivity index is 1.29. The summed E-state index contributed by atoms with van der Waals surface area (Å²) in [6, 6.07) is 20.6. The molecule has 0 aliphatic carbocycles. The van der Waals surface area contributed by atoms with E-state index in [4.69, 9.17) is 23.0 Å². The Morgan fingerprint density at radius 3 is 1.80 bits per heavy atom. The molecule has 0 amide bonds. The molecule has 2 aromatic carbocycles. The van der Waals surface area contributed by atoms with E-state index in [1.54, 1.807) is 12.5 Å². The van der Waals surface area contributed by atoms with Crippen LogP contribution in [0, 0.1) is 0 Å². The Bertz CT molecular complexity index is 1350. The standard InChI is InChI=1S/C32H34N2O6/c1-32(12-11-31(35)36-2,25-7-9-29-23(15-25)17-33(21-39-29)19-27-5-3-13-37-27)26-8-10-30-24(16-26)18-34(22-40-30)20-28-6-4-14-38-28/h3-10,13-16H,11-12,17-22H2,1-2H3. The molecule has 0 spiro atoms. The molecule has 0 bridgehead atoms. The second kappa shape index (κ2) is 11.2. The zero-order valence-corrected chi connectivity index (χ0v) is 22.9. The van der Waals surface area contributed by atoms with E-state index in [1.807, 2.05) is 24.3 Å². The Labute approximate surface area is 234 Å². The Kier molecular flexibility index (Phi) is 7.36. The molecule has 0 saturated carbocycles. The van der Waals surface area contributed by atoms with Gasteiger partial charge in [0.15, 0.2) is 0 Å². The molecule has 0 N–H and O–H groups in total. The minimum Gasteiger partial charge on any atom is -0.478 e. The van der Waals surface area contributed by atoms with Gasteiger partial charge in [-0.3, -0.25) is 14.6 Å². The van der Waals surface area contributed by atoms with Crippen LogP contribution in [0.15, 0.2) is 82.0 Å². The Morgan fingerprint density at radius 2 is 1.35 bits per heavy atom. The highest BCUT2D eigenvalue weighted by Crippen LogP contribution is 2.41. The Morgan fingerprint density at radius 1 is 0.825 bits per heavy atom. The van der Waals surface area contributed by atoms with E-state index in [0.29, 0.717) is 39.4 Å². The van der Waals surface area contributed by atoms with Crippen LogP contribution in [0.2, 0.25) is 0 Å². The quantitative estimate of drug-likeness (QED) is 0.244. The summed E-state index contributed by atoms with van der Waals surface area (Å²) in [5.74, 6) is 3.37. The molecule has 0 fully saturated rings. The number of hydrogen-bond acceptors (Lipinski definition) is 8. The Hall–Kier alpha value is -4.01. The van der Waals surface area contributed by atoms with E-state index < -0.39 is 5.41 Å². The predicted molar refractivity (Wildman–Crippen MR) is 147 cm³/mol. The third-order valence-electron chi connectivity index (χ3n) is 7.96. The van der Waals surface area contributed by atoms with Crippen LogP contribution in [0.1, 0.15) is 53.5 Å². The van der Waals surface area contributed by atoms with Gasteiger partial charge in [0.2, 0.25) is 0 Å². The number of carbonyl (C=O) groups is 1. The lowest BCUT2D eigenvalue weighted by molar-refractivity contribution is -0.140. The zero-order valence-electron chi connectivity index (χ0n) is 22.9. The summed E-state index contributed by atoms with van der Waals surface area (Å²) in [5.41, 5.74) is 4.05. The average molecular weight is 543 g/mol. The van der Waals surface area contributed by atoms with Gasteiger partial charge in [-0.15, -0.1) is 0 Å². The van der Waals surface area contributed by atoms with Crippen LogP contribution in [0.25, 0.3) is 0 Å². The maximum Gasteiger partial charge on any atom is 0.305 e. The normalized spacial score (nSPS) is 15.6. The molecular formula is C32H34N2O6. The van der Waals surface area contributed by atoms with Crippen LogP contribution < -0.4 is 9.47 Å². The number of hydrogen-bond donors (Lipinski definition) is 0. The molecule has 6 rings (SSSR count). The van der Waals surface area contributed by atoms with Gasteiger partial charge in [0.1, 0.15) is 36.5 Å². The summed E-state index contributed by atoms with van der Waals surface area (Å²) >= 11 is 0. The third-order valence-corrected chi connectivity index (χ3v) is 7.96. The molecular weight excluding hydrogens is 508 g/mol. The van der Waals surface area contributed by atoms with E-state index in [1.165, 1.54) is 7.11 Å². The van der Waals surface area contributed by atoms with Crippen LogP contribution in [0.3, 0.4) is 0 Å². The van der Waals surface area contributed by atoms with Crippen LogP contribution in [-0.2, 0) is 41.1 Å². The first-order chi connectivity index (χ1) is 19.5. The summed E-state index contributed by atoms with van der Waals surface area (Å²) in [4.78, 5) is 16.7. The second-order valence-electron chi connectivity index (χ2n) is 10.7. The van der Waals surface area contributed by atoms with Gasteiger partial charge >= 0.3 is 5.97 Å². The van der Waals surface area contributed by atoms with Crippen molar-refractivity contribution in [2.75, 3.05) is 20.6 Å². The van der Waals surface area contributed by atoms with E-state index in [0.717, 1.165) is 58.4 Å². The van der Waals surface area contributed by atoms with Crippen molar-refractivity contribution in [3.63, 3.8) is 0 Å². The number of benzene rings is 2. The molecule has 0 atom stereocenters. The number of esters is 1. The van der Waals surface area contributed by atoms with Crippen molar-refractivity contribution in [1.82, 2.24) is 9.80 Å². The maximum atomic E-state index is 12.3. The van der Waals surface area contributed by atoms with Crippen molar-refractivity contribution in [3.8, 4) is 11.5 Å². The molecule has 8 heteroatoms. The number of methoxy groups -OCH3 is 1. The van der Waals surface area contributed by atoms with E-state index >= 15 is 0 Å². The molecule has 2 aliphatic rings. The van der Waals surface area contributed by atoms with Gasteiger partial charge in [0.25, 0.3) is 0 Å². The lowest BCUT2D eigenvalue weighted by Gasteiger charge is -2.35. The first kappa shape index (κ1) is 26.2. The molecule has 8 nitrogen and oxygen atoms in total. The van der Waals surface area contributed by atoms with Gasteiger partial charge in [0.05, 0.1) is 32.7 Å². The first-order valence-corrected chi connectivity index (χ1v) is 13.6. The number of nitrogens with zero attached hydrogens (tertiary/aromatic N) is 2. The number of fused-ring (bicyclic) bond motifs is 2. The molecule has 208 valence electrons. The minimum absolute atomic E-state index is 0.219. The molecule has 0 radical (unpaired) electrons. The molecule has 4 aromatic rings. The average Bonchev–Trinajstić information content (AvgIpc) is 3.69. The van der Waals surface area contributed by atoms with Gasteiger partial charge in [-0.05, 0) is 66.1 Å². The fourth-order valence-corrected chi connectivity index (χ4v) is 5.63. The van der Waals surface area contributed by atoms with Crippen LogP contribution in [-0.4, -0.2) is 36.3 Å². The second-order valence-corrected chi connectivity index (χ2v) is 10.7. The van der Waals surface area contributed by atoms with Crippen molar-refractivity contribution in [2.24, 2.45) is 0 Å². The molecule has 0 unspecified atom stereocenters. The molecule has 40 heavy (non-hydrogen) atoms. The lowest BCUT2D eigenvalue weighted by Crippen LogP contribution is -2.33. The van der Waals surface area contributed by atoms with Crippen LogP contribution in [0.4, 0.5) is 0 Å². The van der Waals surface area contributed by atoms with Gasteiger partial charge in [-0.1, -0.05) is 19.1 Å². The third kappa shape index (κ3) is 5.50. The summed E-state index contributed by atoms with van der Waals surface area (Å²) in [6.07, 6.45) is 4.30. The SMILES string of the molecule is COC(=O)CCC(C)(c1ccc2c(c1)CN(Cc1ccco1)CO2)c1ccc2c(c1)CN(Cc1ccco1)CO2. The van der Waals surface area contributed by atoms with Crippen molar-refractivity contribution in [3.05, 3.63) is 107 Å². The van der Waals surface area contributed by atoms with E-state index in [2.05, 4.69) is 53.1 Å². The number of carbonyl (C=O) groups excluding carboxylic acids is 1. The van der Waals surface area contributed by atoms with Gasteiger partial charge < -0.3 is 23.0 Å². The minimum atomic E-state index is -0.440. The summed E-state index contributed by atoms with van der Waals surface area (Å²) in [7, 11) is 1.44. The highest BCUT2D eigenvalue weighted by molar-refractivity contribution is 5.69. The molecule has 4 heterocycles. The summed E-state index contributed by atoms with van der Waals surface area (Å²) < 4.78 is 28.3. The number of furan rings is 2. The highest BCUT2D eigenvalue weighted by Gasteiger charge is 2.33. The molecule has 2 aliphatic heterocycles. The van der Waals surface area contributed by atoms with Gasteiger partial charge in [-0.25, -0.2) is 0 Å². The number of rotatable bonds is 9. The predicted octanol–water partition coefficient (Wildman–Crippen LogP) is 5.84. The van der Waals surface area contributed by atoms with Crippen molar-refractivity contribution in [2.45, 2.75) is 51.4 Å². The maximum absolute atomic E-state index is 12.3.